The first-order valence-corrected chi connectivity index (χ1v) is 8.44. The van der Waals surface area contributed by atoms with Gasteiger partial charge in [0.1, 0.15) is 5.75 Å². The molecule has 0 saturated heterocycles. The molecule has 1 heterocycles. The second kappa shape index (κ2) is 9.06. The molecule has 1 aromatic heterocycles. The molecular formula is C17H15ClN2O4S. The Labute approximate surface area is 154 Å². The van der Waals surface area contributed by atoms with Crippen LogP contribution in [-0.4, -0.2) is 37.0 Å². The van der Waals surface area contributed by atoms with Gasteiger partial charge in [0.25, 0.3) is 5.91 Å². The van der Waals surface area contributed by atoms with Crippen molar-refractivity contribution in [3.63, 3.8) is 0 Å². The highest BCUT2D eigenvalue weighted by Gasteiger charge is 2.14. The molecule has 0 aliphatic heterocycles. The standard InChI is InChI=1S/C17H15ClN2O4S/c1-20(9-14-6-7-15(18)25-14)16(21)10-24-17(22)11-23-13-4-2-12(8-19)3-5-13/h2-7H,9-11H2,1H3. The summed E-state index contributed by atoms with van der Waals surface area (Å²) in [6.45, 7) is -0.274. The number of nitrogens with zero attached hydrogens (tertiary/aromatic N) is 2. The molecule has 0 bridgehead atoms. The van der Waals surface area contributed by atoms with Crippen LogP contribution >= 0.6 is 22.9 Å². The van der Waals surface area contributed by atoms with Gasteiger partial charge in [-0.1, -0.05) is 11.6 Å². The Bertz CT molecular complexity index is 783. The Balaban J connectivity index is 1.71. The number of rotatable bonds is 7. The van der Waals surface area contributed by atoms with Crippen molar-refractivity contribution in [1.29, 1.82) is 5.26 Å². The Morgan fingerprint density at radius 3 is 2.52 bits per heavy atom. The number of carbonyl (C=O) groups is 2. The summed E-state index contributed by atoms with van der Waals surface area (Å²) in [6, 6.07) is 11.9. The van der Waals surface area contributed by atoms with Crippen LogP contribution in [-0.2, 0) is 20.9 Å². The van der Waals surface area contributed by atoms with Gasteiger partial charge >= 0.3 is 5.97 Å². The molecule has 25 heavy (non-hydrogen) atoms. The fourth-order valence-corrected chi connectivity index (χ4v) is 2.96. The number of esters is 1. The molecule has 2 rings (SSSR count). The van der Waals surface area contributed by atoms with Crippen molar-refractivity contribution < 1.29 is 19.1 Å². The SMILES string of the molecule is CN(Cc1ccc(Cl)s1)C(=O)COC(=O)COc1ccc(C#N)cc1. The number of ether oxygens (including phenoxy) is 2. The lowest BCUT2D eigenvalue weighted by Crippen LogP contribution is -2.31. The van der Waals surface area contributed by atoms with Gasteiger partial charge in [0.2, 0.25) is 0 Å². The summed E-state index contributed by atoms with van der Waals surface area (Å²) in [6.07, 6.45) is 0. The number of benzene rings is 1. The molecule has 0 aliphatic carbocycles. The first-order valence-electron chi connectivity index (χ1n) is 7.24. The lowest BCUT2D eigenvalue weighted by atomic mass is 10.2. The third-order valence-corrected chi connectivity index (χ3v) is 4.36. The summed E-state index contributed by atoms with van der Waals surface area (Å²) >= 11 is 7.23. The molecule has 8 heteroatoms. The first-order chi connectivity index (χ1) is 12.0. The van der Waals surface area contributed by atoms with Gasteiger partial charge < -0.3 is 14.4 Å². The van der Waals surface area contributed by atoms with Gasteiger partial charge in [0, 0.05) is 11.9 Å². The minimum atomic E-state index is -0.648. The average molecular weight is 379 g/mol. The molecule has 0 aliphatic rings. The maximum atomic E-state index is 12.0. The average Bonchev–Trinajstić information content (AvgIpc) is 3.02. The van der Waals surface area contributed by atoms with Crippen LogP contribution in [0.1, 0.15) is 10.4 Å². The smallest absolute Gasteiger partial charge is 0.344 e. The molecule has 1 aromatic carbocycles. The summed E-state index contributed by atoms with van der Waals surface area (Å²) in [5.41, 5.74) is 0.496. The Morgan fingerprint density at radius 2 is 1.92 bits per heavy atom. The van der Waals surface area contributed by atoms with E-state index < -0.39 is 5.97 Å². The molecule has 0 spiro atoms. The molecule has 130 valence electrons. The Morgan fingerprint density at radius 1 is 1.20 bits per heavy atom. The van der Waals surface area contributed by atoms with Gasteiger partial charge in [0.05, 0.1) is 22.5 Å². The summed E-state index contributed by atoms with van der Waals surface area (Å²) in [7, 11) is 1.62. The summed E-state index contributed by atoms with van der Waals surface area (Å²) in [5.74, 6) is -0.532. The minimum Gasteiger partial charge on any atom is -0.482 e. The quantitative estimate of drug-likeness (QED) is 0.692. The molecule has 6 nitrogen and oxygen atoms in total. The number of hydrogen-bond acceptors (Lipinski definition) is 6. The van der Waals surface area contributed by atoms with Gasteiger partial charge in [-0.15, -0.1) is 11.3 Å². The zero-order valence-corrected chi connectivity index (χ0v) is 15.0. The lowest BCUT2D eigenvalue weighted by molar-refractivity contribution is -0.153. The van der Waals surface area contributed by atoms with E-state index in [0.29, 0.717) is 22.2 Å². The maximum absolute atomic E-state index is 12.0. The third-order valence-electron chi connectivity index (χ3n) is 3.14. The van der Waals surface area contributed by atoms with Crippen LogP contribution < -0.4 is 4.74 Å². The zero-order chi connectivity index (χ0) is 18.2. The highest BCUT2D eigenvalue weighted by Crippen LogP contribution is 2.22. The number of thiophene rings is 1. The van der Waals surface area contributed by atoms with E-state index in [1.54, 1.807) is 37.4 Å². The number of likely N-dealkylation sites (N-methyl/N-ethyl adjacent to an activating group) is 1. The highest BCUT2D eigenvalue weighted by molar-refractivity contribution is 7.16. The van der Waals surface area contributed by atoms with Crippen molar-refractivity contribution >= 4 is 34.8 Å². The second-order valence-electron chi connectivity index (χ2n) is 5.04. The van der Waals surface area contributed by atoms with Crippen molar-refractivity contribution in [2.45, 2.75) is 6.54 Å². The molecule has 0 N–H and O–H groups in total. The van der Waals surface area contributed by atoms with Crippen LogP contribution in [0.3, 0.4) is 0 Å². The summed E-state index contributed by atoms with van der Waals surface area (Å²) in [5, 5.41) is 8.70. The van der Waals surface area contributed by atoms with E-state index in [9.17, 15) is 9.59 Å². The van der Waals surface area contributed by atoms with Crippen LogP contribution in [0.25, 0.3) is 0 Å². The van der Waals surface area contributed by atoms with Crippen molar-refractivity contribution in [2.24, 2.45) is 0 Å². The molecule has 2 aromatic rings. The van der Waals surface area contributed by atoms with E-state index in [1.807, 2.05) is 12.1 Å². The highest BCUT2D eigenvalue weighted by atomic mass is 35.5. The number of amides is 1. The largest absolute Gasteiger partial charge is 0.482 e. The first kappa shape index (κ1) is 18.8. The normalized spacial score (nSPS) is 9.96. The van der Waals surface area contributed by atoms with Crippen molar-refractivity contribution in [1.82, 2.24) is 4.90 Å². The van der Waals surface area contributed by atoms with Crippen molar-refractivity contribution in [3.8, 4) is 11.8 Å². The van der Waals surface area contributed by atoms with Crippen LogP contribution in [0.15, 0.2) is 36.4 Å². The maximum Gasteiger partial charge on any atom is 0.344 e. The molecule has 0 atom stereocenters. The predicted molar refractivity (Wildman–Crippen MR) is 93.4 cm³/mol. The third kappa shape index (κ3) is 6.10. The van der Waals surface area contributed by atoms with E-state index >= 15 is 0 Å². The second-order valence-corrected chi connectivity index (χ2v) is 6.84. The molecule has 0 saturated carbocycles. The van der Waals surface area contributed by atoms with E-state index in [4.69, 9.17) is 26.3 Å². The number of hydrogen-bond donors (Lipinski definition) is 0. The monoisotopic (exact) mass is 378 g/mol. The van der Waals surface area contributed by atoms with Gasteiger partial charge in [0.15, 0.2) is 13.2 Å². The van der Waals surface area contributed by atoms with Crippen molar-refractivity contribution in [3.05, 3.63) is 51.2 Å². The van der Waals surface area contributed by atoms with Gasteiger partial charge in [-0.2, -0.15) is 5.26 Å². The van der Waals surface area contributed by atoms with Gasteiger partial charge in [-0.05, 0) is 36.4 Å². The Kier molecular flexibility index (Phi) is 6.81. The van der Waals surface area contributed by atoms with E-state index in [2.05, 4.69) is 0 Å². The molecule has 0 fully saturated rings. The summed E-state index contributed by atoms with van der Waals surface area (Å²) in [4.78, 5) is 26.0. The lowest BCUT2D eigenvalue weighted by Gasteiger charge is -2.16. The molecule has 1 amide bonds. The van der Waals surface area contributed by atoms with Crippen LogP contribution in [0, 0.1) is 11.3 Å². The predicted octanol–water partition coefficient (Wildman–Crippen LogP) is 2.85. The number of halogens is 1. The number of carbonyl (C=O) groups excluding carboxylic acids is 2. The summed E-state index contributed by atoms with van der Waals surface area (Å²) < 4.78 is 10.8. The fourth-order valence-electron chi connectivity index (χ4n) is 1.82. The minimum absolute atomic E-state index is 0.316. The van der Waals surface area contributed by atoms with Crippen LogP contribution in [0.4, 0.5) is 0 Å². The Hall–Kier alpha value is -2.56. The van der Waals surface area contributed by atoms with Gasteiger partial charge in [-0.3, -0.25) is 4.79 Å². The van der Waals surface area contributed by atoms with Gasteiger partial charge in [-0.25, -0.2) is 4.79 Å². The van der Waals surface area contributed by atoms with Crippen molar-refractivity contribution in [2.75, 3.05) is 20.3 Å². The topological polar surface area (TPSA) is 79.6 Å². The molecule has 0 radical (unpaired) electrons. The van der Waals surface area contributed by atoms with E-state index in [-0.39, 0.29) is 19.1 Å². The van der Waals surface area contributed by atoms with E-state index in [0.717, 1.165) is 4.88 Å². The molecular weight excluding hydrogens is 364 g/mol. The van der Waals surface area contributed by atoms with E-state index in [1.165, 1.54) is 16.2 Å². The molecule has 0 unspecified atom stereocenters. The zero-order valence-electron chi connectivity index (χ0n) is 13.4. The number of nitriles is 1. The van der Waals surface area contributed by atoms with Crippen LogP contribution in [0.5, 0.6) is 5.75 Å². The van der Waals surface area contributed by atoms with Crippen LogP contribution in [0.2, 0.25) is 4.34 Å². The fraction of sp³-hybridized carbons (Fsp3) is 0.235.